The molecule has 1 aliphatic rings. The second-order valence-corrected chi connectivity index (χ2v) is 11.2. The first-order valence-corrected chi connectivity index (χ1v) is 12.1. The summed E-state index contributed by atoms with van der Waals surface area (Å²) in [5.41, 5.74) is -0.906. The maximum absolute atomic E-state index is 14.4. The van der Waals surface area contributed by atoms with Crippen molar-refractivity contribution in [2.75, 3.05) is 19.7 Å². The standard InChI is InChI=1S/C25H38BFN3O5/c1-16-28-20-13-17(27)12-19(26-35-25(7,8)24(5,6)32)21(20)30(16)15-18-14-29(10-9-11-33-18)22(31)34-23(2,3)4/h12-13,18,32H,9-11,14-15H2,1-8H3. The van der Waals surface area contributed by atoms with E-state index in [1.165, 1.54) is 19.6 Å². The molecule has 10 heteroatoms. The molecule has 0 aliphatic carbocycles. The second kappa shape index (κ2) is 10.1. The average molecular weight is 490 g/mol. The molecule has 2 heterocycles. The van der Waals surface area contributed by atoms with Crippen LogP contribution in [0, 0.1) is 12.7 Å². The van der Waals surface area contributed by atoms with Gasteiger partial charge in [0.05, 0.1) is 41.4 Å². The average Bonchev–Trinajstić information content (AvgIpc) is 2.86. The van der Waals surface area contributed by atoms with Crippen LogP contribution in [0.2, 0.25) is 0 Å². The zero-order valence-electron chi connectivity index (χ0n) is 22.1. The van der Waals surface area contributed by atoms with Crippen LogP contribution in [0.3, 0.4) is 0 Å². The van der Waals surface area contributed by atoms with Crippen LogP contribution >= 0.6 is 0 Å². The van der Waals surface area contributed by atoms with E-state index < -0.39 is 22.6 Å². The predicted molar refractivity (Wildman–Crippen MR) is 133 cm³/mol. The molecule has 1 radical (unpaired) electrons. The van der Waals surface area contributed by atoms with Crippen molar-refractivity contribution < 1.29 is 28.4 Å². The van der Waals surface area contributed by atoms with E-state index in [0.717, 1.165) is 0 Å². The van der Waals surface area contributed by atoms with Crippen LogP contribution in [0.15, 0.2) is 12.1 Å². The fourth-order valence-electron chi connectivity index (χ4n) is 3.75. The summed E-state index contributed by atoms with van der Waals surface area (Å²) in [7, 11) is 1.47. The van der Waals surface area contributed by atoms with Gasteiger partial charge in [0.25, 0.3) is 0 Å². The Morgan fingerprint density at radius 3 is 2.57 bits per heavy atom. The van der Waals surface area contributed by atoms with Crippen molar-refractivity contribution in [1.82, 2.24) is 14.5 Å². The molecule has 0 saturated carbocycles. The summed E-state index contributed by atoms with van der Waals surface area (Å²) in [6.07, 6.45) is 0.0510. The maximum Gasteiger partial charge on any atom is 0.410 e. The van der Waals surface area contributed by atoms with E-state index in [9.17, 15) is 14.3 Å². The number of aromatic nitrogens is 2. The molecular weight excluding hydrogens is 452 g/mol. The quantitative estimate of drug-likeness (QED) is 0.626. The zero-order valence-corrected chi connectivity index (χ0v) is 22.1. The number of ether oxygens (including phenoxy) is 2. The van der Waals surface area contributed by atoms with Crippen molar-refractivity contribution >= 4 is 30.1 Å². The lowest BCUT2D eigenvalue weighted by Crippen LogP contribution is -2.49. The first-order chi connectivity index (χ1) is 16.1. The van der Waals surface area contributed by atoms with Gasteiger partial charge in [-0.25, -0.2) is 14.2 Å². The van der Waals surface area contributed by atoms with Gasteiger partial charge in [-0.1, -0.05) is 0 Å². The molecule has 2 aromatic rings. The number of carbonyl (C=O) groups excluding carboxylic acids is 1. The summed E-state index contributed by atoms with van der Waals surface area (Å²) in [6, 6.07) is 2.78. The van der Waals surface area contributed by atoms with E-state index >= 15 is 0 Å². The Kier molecular flexibility index (Phi) is 7.89. The summed E-state index contributed by atoms with van der Waals surface area (Å²) in [5, 5.41) is 10.4. The first-order valence-electron chi connectivity index (χ1n) is 12.1. The largest absolute Gasteiger partial charge is 0.444 e. The molecule has 35 heavy (non-hydrogen) atoms. The van der Waals surface area contributed by atoms with Crippen molar-refractivity contribution in [3.8, 4) is 0 Å². The number of nitrogens with zero attached hydrogens (tertiary/aromatic N) is 3. The summed E-state index contributed by atoms with van der Waals surface area (Å²) in [5.74, 6) is 0.263. The van der Waals surface area contributed by atoms with E-state index in [0.29, 0.717) is 55.0 Å². The number of hydrogen-bond acceptors (Lipinski definition) is 6. The van der Waals surface area contributed by atoms with Crippen LogP contribution in [0.1, 0.15) is 60.7 Å². The predicted octanol–water partition coefficient (Wildman–Crippen LogP) is 3.32. The number of aliphatic hydroxyl groups is 1. The topological polar surface area (TPSA) is 86.1 Å². The van der Waals surface area contributed by atoms with Gasteiger partial charge in [-0.3, -0.25) is 0 Å². The Hall–Kier alpha value is -2.17. The van der Waals surface area contributed by atoms with E-state index in [1.807, 2.05) is 32.3 Å². The third-order valence-corrected chi connectivity index (χ3v) is 6.37. The lowest BCUT2D eigenvalue weighted by molar-refractivity contribution is -0.0893. The van der Waals surface area contributed by atoms with Gasteiger partial charge in [0.15, 0.2) is 0 Å². The number of carbonyl (C=O) groups is 1. The molecule has 1 aliphatic heterocycles. The minimum atomic E-state index is -1.12. The van der Waals surface area contributed by atoms with Gasteiger partial charge in [-0.2, -0.15) is 0 Å². The lowest BCUT2D eigenvalue weighted by atomic mass is 9.82. The fraction of sp³-hybridized carbons (Fsp3) is 0.680. The highest BCUT2D eigenvalue weighted by Gasteiger charge is 2.36. The van der Waals surface area contributed by atoms with Crippen molar-refractivity contribution in [1.29, 1.82) is 0 Å². The van der Waals surface area contributed by atoms with Crippen LogP contribution in [0.4, 0.5) is 9.18 Å². The van der Waals surface area contributed by atoms with E-state index in [2.05, 4.69) is 4.98 Å². The van der Waals surface area contributed by atoms with Gasteiger partial charge >= 0.3 is 13.6 Å². The Labute approximate surface area is 208 Å². The molecule has 1 aromatic carbocycles. The van der Waals surface area contributed by atoms with Gasteiger partial charge in [0.1, 0.15) is 17.2 Å². The molecule has 0 spiro atoms. The molecule has 3 rings (SSSR count). The van der Waals surface area contributed by atoms with E-state index in [-0.39, 0.29) is 12.2 Å². The first kappa shape index (κ1) is 27.4. The molecule has 1 atom stereocenters. The van der Waals surface area contributed by atoms with Crippen molar-refractivity contribution in [2.45, 2.75) is 91.3 Å². The molecular formula is C25H38BFN3O5. The van der Waals surface area contributed by atoms with Crippen LogP contribution in [0.5, 0.6) is 0 Å². The minimum absolute atomic E-state index is 0.298. The van der Waals surface area contributed by atoms with E-state index in [1.54, 1.807) is 32.6 Å². The van der Waals surface area contributed by atoms with Crippen molar-refractivity contribution in [3.05, 3.63) is 23.8 Å². The summed E-state index contributed by atoms with van der Waals surface area (Å²) >= 11 is 0. The van der Waals surface area contributed by atoms with Crippen molar-refractivity contribution in [2.24, 2.45) is 0 Å². The van der Waals surface area contributed by atoms with Gasteiger partial charge in [0.2, 0.25) is 0 Å². The third kappa shape index (κ3) is 6.74. The maximum atomic E-state index is 14.4. The minimum Gasteiger partial charge on any atom is -0.444 e. The highest BCUT2D eigenvalue weighted by Crippen LogP contribution is 2.25. The third-order valence-electron chi connectivity index (χ3n) is 6.37. The summed E-state index contributed by atoms with van der Waals surface area (Å²) in [6.45, 7) is 16.1. The molecule has 1 N–H and O–H groups in total. The van der Waals surface area contributed by atoms with Crippen LogP contribution < -0.4 is 5.46 Å². The highest BCUT2D eigenvalue weighted by atomic mass is 19.1. The number of halogens is 1. The van der Waals surface area contributed by atoms with Crippen LogP contribution in [0.25, 0.3) is 11.0 Å². The number of imidazole rings is 1. The Morgan fingerprint density at radius 2 is 1.94 bits per heavy atom. The molecule has 8 nitrogen and oxygen atoms in total. The zero-order chi connectivity index (χ0) is 26.2. The van der Waals surface area contributed by atoms with Gasteiger partial charge < -0.3 is 28.7 Å². The van der Waals surface area contributed by atoms with E-state index in [4.69, 9.17) is 14.1 Å². The van der Waals surface area contributed by atoms with Gasteiger partial charge in [0, 0.05) is 19.2 Å². The van der Waals surface area contributed by atoms with Crippen LogP contribution in [-0.2, 0) is 20.7 Å². The number of rotatable bonds is 6. The number of aryl methyl sites for hydroxylation is 1. The van der Waals surface area contributed by atoms with Crippen molar-refractivity contribution in [3.63, 3.8) is 0 Å². The molecule has 1 unspecified atom stereocenters. The number of amides is 1. The highest BCUT2D eigenvalue weighted by molar-refractivity contribution is 6.51. The number of benzene rings is 1. The number of fused-ring (bicyclic) bond motifs is 1. The summed E-state index contributed by atoms with van der Waals surface area (Å²) in [4.78, 5) is 18.9. The molecule has 1 amide bonds. The lowest BCUT2D eigenvalue weighted by Gasteiger charge is -2.37. The van der Waals surface area contributed by atoms with Gasteiger partial charge in [-0.15, -0.1) is 0 Å². The smallest absolute Gasteiger partial charge is 0.410 e. The molecule has 0 bridgehead atoms. The Balaban J connectivity index is 1.88. The second-order valence-electron chi connectivity index (χ2n) is 11.2. The monoisotopic (exact) mass is 490 g/mol. The Bertz CT molecular complexity index is 1060. The summed E-state index contributed by atoms with van der Waals surface area (Å²) < 4.78 is 33.9. The molecule has 193 valence electrons. The SMILES string of the molecule is Cc1nc2cc(F)cc([B]OC(C)(C)C(C)(C)O)c2n1CC1CN(C(=O)OC(C)(C)C)CCCO1. The molecule has 1 aromatic heterocycles. The molecule has 1 fully saturated rings. The van der Waals surface area contributed by atoms with Crippen LogP contribution in [-0.4, -0.2) is 75.7 Å². The fourth-order valence-corrected chi connectivity index (χ4v) is 3.75. The van der Waals surface area contributed by atoms with Gasteiger partial charge in [-0.05, 0) is 73.3 Å². The normalized spacial score (nSPS) is 18.0. The molecule has 1 saturated heterocycles. The number of hydrogen-bond donors (Lipinski definition) is 1. The Morgan fingerprint density at radius 1 is 1.26 bits per heavy atom.